The molecule has 1 aliphatic heterocycles. The van der Waals surface area contributed by atoms with E-state index in [1.165, 1.54) is 42.6 Å². The number of hydrogen-bond acceptors (Lipinski definition) is 4. The summed E-state index contributed by atoms with van der Waals surface area (Å²) in [5.74, 6) is 0. The maximum Gasteiger partial charge on any atom is 0.318 e. The Morgan fingerprint density at radius 2 is 2.00 bits per heavy atom. The van der Waals surface area contributed by atoms with E-state index in [1.54, 1.807) is 0 Å². The first-order chi connectivity index (χ1) is 10.4. The van der Waals surface area contributed by atoms with Crippen LogP contribution in [0.2, 0.25) is 0 Å². The number of ether oxygens (including phenoxy) is 1. The Balaban J connectivity index is 1.45. The van der Waals surface area contributed by atoms with E-state index >= 15 is 0 Å². The van der Waals surface area contributed by atoms with Crippen molar-refractivity contribution >= 4 is 11.0 Å². The van der Waals surface area contributed by atoms with Crippen molar-refractivity contribution in [2.24, 2.45) is 0 Å². The van der Waals surface area contributed by atoms with Crippen molar-refractivity contribution in [1.29, 1.82) is 0 Å². The van der Waals surface area contributed by atoms with Crippen molar-refractivity contribution < 1.29 is 4.74 Å². The summed E-state index contributed by atoms with van der Waals surface area (Å²) in [7, 11) is 0. The summed E-state index contributed by atoms with van der Waals surface area (Å²) in [5.41, 5.74) is 3.72. The number of rotatable bonds is 3. The molecule has 0 spiro atoms. The molecule has 0 aromatic carbocycles. The summed E-state index contributed by atoms with van der Waals surface area (Å²) in [4.78, 5) is 15.1. The van der Waals surface area contributed by atoms with Gasteiger partial charge < -0.3 is 9.72 Å². The van der Waals surface area contributed by atoms with E-state index in [0.29, 0.717) is 12.1 Å². The van der Waals surface area contributed by atoms with Crippen LogP contribution in [0.3, 0.4) is 0 Å². The molecule has 2 fully saturated rings. The number of nitrogens with zero attached hydrogens (tertiary/aromatic N) is 3. The summed E-state index contributed by atoms with van der Waals surface area (Å²) < 4.78 is 5.70. The molecule has 110 valence electrons. The van der Waals surface area contributed by atoms with Gasteiger partial charge in [-0.1, -0.05) is 0 Å². The van der Waals surface area contributed by atoms with Crippen LogP contribution in [0.4, 0.5) is 0 Å². The third kappa shape index (κ3) is 2.20. The highest BCUT2D eigenvalue weighted by Crippen LogP contribution is 2.31. The Bertz CT molecular complexity index is 687. The molecule has 2 aromatic heterocycles. The van der Waals surface area contributed by atoms with Gasteiger partial charge in [0.15, 0.2) is 0 Å². The smallest absolute Gasteiger partial charge is 0.318 e. The molecule has 21 heavy (non-hydrogen) atoms. The van der Waals surface area contributed by atoms with Crippen LogP contribution in [0.25, 0.3) is 11.0 Å². The van der Waals surface area contributed by atoms with Crippen molar-refractivity contribution in [3.05, 3.63) is 17.5 Å². The minimum absolute atomic E-state index is 0.349. The number of aromatic amines is 1. The van der Waals surface area contributed by atoms with E-state index in [0.717, 1.165) is 37.4 Å². The summed E-state index contributed by atoms with van der Waals surface area (Å²) >= 11 is 0. The van der Waals surface area contributed by atoms with Crippen LogP contribution in [0.1, 0.15) is 36.9 Å². The van der Waals surface area contributed by atoms with Crippen LogP contribution in [0, 0.1) is 0 Å². The molecule has 0 unspecified atom stereocenters. The molecule has 0 amide bonds. The van der Waals surface area contributed by atoms with Crippen LogP contribution >= 0.6 is 0 Å². The van der Waals surface area contributed by atoms with Crippen molar-refractivity contribution in [2.45, 2.75) is 50.7 Å². The standard InChI is InChI=1S/C16H20N4O/c1-2-10(1)20-7-5-12-13-9-17-16(21-11-3-4-11)19-15(13)18-14(12)6-8-20/h9-11H,1-8H2,(H,17,18,19). The van der Waals surface area contributed by atoms with Crippen LogP contribution in [-0.4, -0.2) is 45.1 Å². The molecular formula is C16H20N4O. The van der Waals surface area contributed by atoms with Gasteiger partial charge in [-0.05, 0) is 37.7 Å². The minimum Gasteiger partial charge on any atom is -0.460 e. The van der Waals surface area contributed by atoms with Crippen molar-refractivity contribution in [3.63, 3.8) is 0 Å². The summed E-state index contributed by atoms with van der Waals surface area (Å²) in [6.45, 7) is 2.34. The molecular weight excluding hydrogens is 264 g/mol. The Kier molecular flexibility index (Phi) is 2.53. The lowest BCUT2D eigenvalue weighted by molar-refractivity contribution is 0.276. The lowest BCUT2D eigenvalue weighted by Crippen LogP contribution is -2.28. The normalized spacial score (nSPS) is 23.0. The van der Waals surface area contributed by atoms with E-state index in [-0.39, 0.29) is 0 Å². The second kappa shape index (κ2) is 4.44. The third-order valence-corrected chi connectivity index (χ3v) is 4.88. The molecule has 5 heteroatoms. The fourth-order valence-electron chi connectivity index (χ4n) is 3.38. The lowest BCUT2D eigenvalue weighted by atomic mass is 10.1. The van der Waals surface area contributed by atoms with Crippen LogP contribution in [0.5, 0.6) is 6.01 Å². The second-order valence-corrected chi connectivity index (χ2v) is 6.58. The zero-order chi connectivity index (χ0) is 13.8. The third-order valence-electron chi connectivity index (χ3n) is 4.88. The molecule has 5 nitrogen and oxygen atoms in total. The Hall–Kier alpha value is -1.62. The molecule has 1 N–H and O–H groups in total. The summed E-state index contributed by atoms with van der Waals surface area (Å²) in [6, 6.07) is 1.39. The lowest BCUT2D eigenvalue weighted by Gasteiger charge is -2.18. The maximum atomic E-state index is 5.70. The van der Waals surface area contributed by atoms with Gasteiger partial charge in [-0.3, -0.25) is 4.90 Å². The molecule has 0 atom stereocenters. The first kappa shape index (κ1) is 12.0. The fraction of sp³-hybridized carbons (Fsp3) is 0.625. The molecule has 3 heterocycles. The number of hydrogen-bond donors (Lipinski definition) is 1. The monoisotopic (exact) mass is 284 g/mol. The molecule has 5 rings (SSSR count). The molecule has 2 saturated carbocycles. The molecule has 0 saturated heterocycles. The molecule has 0 radical (unpaired) electrons. The first-order valence-electron chi connectivity index (χ1n) is 8.14. The van der Waals surface area contributed by atoms with Crippen LogP contribution < -0.4 is 4.74 Å². The average Bonchev–Trinajstić information content (AvgIpc) is 3.34. The fourth-order valence-corrected chi connectivity index (χ4v) is 3.38. The van der Waals surface area contributed by atoms with Gasteiger partial charge in [0.1, 0.15) is 11.8 Å². The van der Waals surface area contributed by atoms with Crippen LogP contribution in [0.15, 0.2) is 6.20 Å². The van der Waals surface area contributed by atoms with Gasteiger partial charge >= 0.3 is 6.01 Å². The van der Waals surface area contributed by atoms with Crippen LogP contribution in [-0.2, 0) is 12.8 Å². The van der Waals surface area contributed by atoms with Gasteiger partial charge in [0.2, 0.25) is 0 Å². The molecule has 0 bridgehead atoms. The highest BCUT2D eigenvalue weighted by atomic mass is 16.5. The van der Waals surface area contributed by atoms with Gasteiger partial charge in [-0.15, -0.1) is 0 Å². The average molecular weight is 284 g/mol. The van der Waals surface area contributed by atoms with Gasteiger partial charge in [0.05, 0.1) is 0 Å². The van der Waals surface area contributed by atoms with Gasteiger partial charge in [0, 0.05) is 42.8 Å². The first-order valence-corrected chi connectivity index (χ1v) is 8.14. The van der Waals surface area contributed by atoms with E-state index < -0.39 is 0 Å². The van der Waals surface area contributed by atoms with E-state index in [1.807, 2.05) is 6.20 Å². The molecule has 2 aliphatic carbocycles. The topological polar surface area (TPSA) is 54.0 Å². The molecule has 2 aromatic rings. The van der Waals surface area contributed by atoms with Gasteiger partial charge in [-0.25, -0.2) is 4.98 Å². The number of aromatic nitrogens is 3. The van der Waals surface area contributed by atoms with Crippen molar-refractivity contribution in [3.8, 4) is 6.01 Å². The number of H-pyrrole nitrogens is 1. The van der Waals surface area contributed by atoms with Gasteiger partial charge in [0.25, 0.3) is 0 Å². The van der Waals surface area contributed by atoms with Gasteiger partial charge in [-0.2, -0.15) is 4.98 Å². The van der Waals surface area contributed by atoms with E-state index in [2.05, 4.69) is 19.9 Å². The zero-order valence-corrected chi connectivity index (χ0v) is 12.1. The highest BCUT2D eigenvalue weighted by Gasteiger charge is 2.31. The summed E-state index contributed by atoms with van der Waals surface area (Å²) in [5, 5.41) is 1.19. The zero-order valence-electron chi connectivity index (χ0n) is 12.1. The van der Waals surface area contributed by atoms with E-state index in [9.17, 15) is 0 Å². The van der Waals surface area contributed by atoms with Crippen molar-refractivity contribution in [2.75, 3.05) is 13.1 Å². The molecule has 3 aliphatic rings. The predicted octanol–water partition coefficient (Wildman–Crippen LogP) is 2.06. The predicted molar refractivity (Wildman–Crippen MR) is 79.5 cm³/mol. The minimum atomic E-state index is 0.349. The maximum absolute atomic E-state index is 5.70. The number of nitrogens with one attached hydrogen (secondary N) is 1. The quantitative estimate of drug-likeness (QED) is 0.937. The SMILES string of the molecule is c1nc(OC2CC2)nc2[nH]c3c(c12)CCN(C1CC1)CC3. The summed E-state index contributed by atoms with van der Waals surface area (Å²) in [6.07, 6.45) is 9.56. The Labute approximate surface area is 123 Å². The van der Waals surface area contributed by atoms with Crippen molar-refractivity contribution in [1.82, 2.24) is 19.9 Å². The Morgan fingerprint density at radius 3 is 2.81 bits per heavy atom. The second-order valence-electron chi connectivity index (χ2n) is 6.58. The largest absolute Gasteiger partial charge is 0.460 e. The Morgan fingerprint density at radius 1 is 1.14 bits per heavy atom. The highest BCUT2D eigenvalue weighted by molar-refractivity contribution is 5.81. The number of fused-ring (bicyclic) bond motifs is 3. The van der Waals surface area contributed by atoms with E-state index in [4.69, 9.17) is 4.74 Å².